The topological polar surface area (TPSA) is 135 Å². The minimum atomic E-state index is -0.833. The van der Waals surface area contributed by atoms with Crippen LogP contribution in [0, 0.1) is 11.2 Å². The van der Waals surface area contributed by atoms with Crippen LogP contribution in [0.25, 0.3) is 10.9 Å². The number of aromatic nitrogens is 2. The summed E-state index contributed by atoms with van der Waals surface area (Å²) >= 11 is 0. The summed E-state index contributed by atoms with van der Waals surface area (Å²) in [6.45, 7) is 4.68. The zero-order valence-electron chi connectivity index (χ0n) is 18.2. The summed E-state index contributed by atoms with van der Waals surface area (Å²) in [6.07, 6.45) is 4.92. The number of pyridine rings is 1. The van der Waals surface area contributed by atoms with Gasteiger partial charge < -0.3 is 14.8 Å². The van der Waals surface area contributed by atoms with E-state index in [0.29, 0.717) is 18.9 Å². The lowest BCUT2D eigenvalue weighted by molar-refractivity contribution is -0.127. The van der Waals surface area contributed by atoms with Gasteiger partial charge in [0, 0.05) is 50.3 Å². The first-order valence-corrected chi connectivity index (χ1v) is 10.5. The maximum Gasteiger partial charge on any atom is 0.295 e. The zero-order valence-corrected chi connectivity index (χ0v) is 18.2. The summed E-state index contributed by atoms with van der Waals surface area (Å²) in [5.74, 6) is 4.11. The molecule has 4 rings (SSSR count). The molecule has 34 heavy (non-hydrogen) atoms. The molecule has 1 aromatic carbocycles. The van der Waals surface area contributed by atoms with E-state index >= 15 is 0 Å². The number of amides is 1. The number of piperazine rings is 1. The summed E-state index contributed by atoms with van der Waals surface area (Å²) in [5, 5.41) is 9.42. The van der Waals surface area contributed by atoms with Crippen LogP contribution in [-0.2, 0) is 4.79 Å². The highest BCUT2D eigenvalue weighted by molar-refractivity contribution is 6.45. The quantitative estimate of drug-likeness (QED) is 0.128. The Labute approximate surface area is 194 Å². The van der Waals surface area contributed by atoms with Crippen molar-refractivity contribution in [3.8, 4) is 0 Å². The molecule has 1 aliphatic rings. The third-order valence-corrected chi connectivity index (χ3v) is 5.59. The minimum absolute atomic E-state index is 0.0664. The number of anilines is 1. The number of hydrogen-bond acceptors (Lipinski definition) is 7. The minimum Gasteiger partial charge on any atom is -0.357 e. The van der Waals surface area contributed by atoms with E-state index < -0.39 is 17.5 Å². The van der Waals surface area contributed by atoms with E-state index in [-0.39, 0.29) is 35.4 Å². The number of aliphatic imine (C=N–C) groups is 1. The average molecular weight is 462 g/mol. The molecular formula is C23H23FN8O2. The Hall–Kier alpha value is -4.38. The highest BCUT2D eigenvalue weighted by Crippen LogP contribution is 2.28. The van der Waals surface area contributed by atoms with Crippen molar-refractivity contribution in [2.24, 2.45) is 10.8 Å². The van der Waals surface area contributed by atoms with Gasteiger partial charge in [-0.2, -0.15) is 0 Å². The van der Waals surface area contributed by atoms with Gasteiger partial charge in [0.25, 0.3) is 11.7 Å². The first-order chi connectivity index (χ1) is 16.4. The first kappa shape index (κ1) is 22.8. The number of halogens is 1. The Kier molecular flexibility index (Phi) is 6.46. The molecular weight excluding hydrogens is 439 g/mol. The SMILES string of the molecule is C=N/C=C\N(N)c1ncc(F)c2c(C(=O)C(=O)N3CCN(C(=N)c4ccccc4)CC3)c[nH]c12. The van der Waals surface area contributed by atoms with Crippen molar-refractivity contribution in [2.75, 3.05) is 31.2 Å². The van der Waals surface area contributed by atoms with Crippen LogP contribution in [0.1, 0.15) is 15.9 Å². The number of rotatable bonds is 6. The van der Waals surface area contributed by atoms with Crippen LogP contribution in [0.5, 0.6) is 0 Å². The number of carbonyl (C=O) groups is 2. The number of Topliss-reactive ketones (excluding diaryl/α,β-unsaturated/α-hetero) is 1. The van der Waals surface area contributed by atoms with E-state index in [1.807, 2.05) is 35.2 Å². The van der Waals surface area contributed by atoms with Gasteiger partial charge in [-0.15, -0.1) is 0 Å². The molecule has 3 heterocycles. The van der Waals surface area contributed by atoms with Gasteiger partial charge >= 0.3 is 0 Å². The third-order valence-electron chi connectivity index (χ3n) is 5.59. The fourth-order valence-electron chi connectivity index (χ4n) is 3.83. The molecule has 1 amide bonds. The predicted molar refractivity (Wildman–Crippen MR) is 127 cm³/mol. The first-order valence-electron chi connectivity index (χ1n) is 10.5. The van der Waals surface area contributed by atoms with Gasteiger partial charge in [0.05, 0.1) is 22.7 Å². The molecule has 0 aliphatic carbocycles. The Bertz CT molecular complexity index is 1280. The second-order valence-electron chi connectivity index (χ2n) is 7.59. The van der Waals surface area contributed by atoms with Crippen molar-refractivity contribution in [3.63, 3.8) is 0 Å². The van der Waals surface area contributed by atoms with Crippen molar-refractivity contribution in [1.82, 2.24) is 19.8 Å². The van der Waals surface area contributed by atoms with Crippen LogP contribution in [-0.4, -0.2) is 70.2 Å². The van der Waals surface area contributed by atoms with Crippen LogP contribution in [0.3, 0.4) is 0 Å². The molecule has 10 nitrogen and oxygen atoms in total. The number of fused-ring (bicyclic) bond motifs is 1. The third kappa shape index (κ3) is 4.28. The molecule has 11 heteroatoms. The number of hydrogen-bond donors (Lipinski definition) is 3. The molecule has 0 atom stereocenters. The van der Waals surface area contributed by atoms with Crippen molar-refractivity contribution in [2.45, 2.75) is 0 Å². The van der Waals surface area contributed by atoms with Gasteiger partial charge in [-0.1, -0.05) is 30.3 Å². The Morgan fingerprint density at radius 2 is 1.88 bits per heavy atom. The van der Waals surface area contributed by atoms with Gasteiger partial charge in [0.2, 0.25) is 0 Å². The molecule has 0 saturated carbocycles. The molecule has 0 unspecified atom stereocenters. The number of carbonyl (C=O) groups excluding carboxylic acids is 2. The number of aromatic amines is 1. The standard InChI is InChI=1S/C23H23FN8O2/c1-27-7-8-32(26)22-19-18(17(24)14-29-22)16(13-28-19)20(33)23(34)31-11-9-30(10-12-31)21(25)15-5-3-2-4-6-15/h2-8,13-14,25,28H,1,9-12,26H2/b8-7-,25-21?. The van der Waals surface area contributed by atoms with Crippen LogP contribution < -0.4 is 10.9 Å². The van der Waals surface area contributed by atoms with Crippen molar-refractivity contribution in [3.05, 3.63) is 72.1 Å². The zero-order chi connectivity index (χ0) is 24.2. The summed E-state index contributed by atoms with van der Waals surface area (Å²) in [6, 6.07) is 9.31. The maximum absolute atomic E-state index is 14.6. The van der Waals surface area contributed by atoms with E-state index in [2.05, 4.69) is 21.7 Å². The molecule has 0 bridgehead atoms. The number of H-pyrrole nitrogens is 1. The Morgan fingerprint density at radius 3 is 2.56 bits per heavy atom. The average Bonchev–Trinajstić information content (AvgIpc) is 3.33. The molecule has 4 N–H and O–H groups in total. The van der Waals surface area contributed by atoms with Crippen molar-refractivity contribution >= 4 is 41.0 Å². The lowest BCUT2D eigenvalue weighted by Gasteiger charge is -2.35. The van der Waals surface area contributed by atoms with Crippen LogP contribution in [0.15, 0.2) is 60.1 Å². The summed E-state index contributed by atoms with van der Waals surface area (Å²) in [4.78, 5) is 39.6. The van der Waals surface area contributed by atoms with Crippen LogP contribution in [0.2, 0.25) is 0 Å². The number of nitrogens with one attached hydrogen (secondary N) is 2. The van der Waals surface area contributed by atoms with Crippen LogP contribution in [0.4, 0.5) is 10.2 Å². The van der Waals surface area contributed by atoms with E-state index in [1.165, 1.54) is 23.5 Å². The van der Waals surface area contributed by atoms with Gasteiger partial charge in [-0.05, 0) is 6.72 Å². The highest BCUT2D eigenvalue weighted by atomic mass is 19.1. The lowest BCUT2D eigenvalue weighted by Crippen LogP contribution is -2.52. The highest BCUT2D eigenvalue weighted by Gasteiger charge is 2.30. The fraction of sp³-hybridized carbons (Fsp3) is 0.174. The van der Waals surface area contributed by atoms with E-state index in [1.54, 1.807) is 0 Å². The lowest BCUT2D eigenvalue weighted by atomic mass is 10.1. The normalized spacial score (nSPS) is 13.9. The molecule has 1 aliphatic heterocycles. The molecule has 2 aromatic heterocycles. The Balaban J connectivity index is 1.51. The summed E-state index contributed by atoms with van der Waals surface area (Å²) < 4.78 is 14.6. The Morgan fingerprint density at radius 1 is 1.21 bits per heavy atom. The number of ketones is 1. The van der Waals surface area contributed by atoms with E-state index in [4.69, 9.17) is 11.3 Å². The molecule has 3 aromatic rings. The number of hydrazine groups is 1. The van der Waals surface area contributed by atoms with Gasteiger partial charge in [0.1, 0.15) is 5.84 Å². The van der Waals surface area contributed by atoms with Crippen molar-refractivity contribution < 1.29 is 14.0 Å². The van der Waals surface area contributed by atoms with Gasteiger partial charge in [0.15, 0.2) is 11.6 Å². The molecule has 0 radical (unpaired) electrons. The fourth-order valence-corrected chi connectivity index (χ4v) is 3.83. The number of nitrogens with two attached hydrogens (primary N) is 1. The molecule has 174 valence electrons. The predicted octanol–water partition coefficient (Wildman–Crippen LogP) is 1.91. The smallest absolute Gasteiger partial charge is 0.295 e. The second-order valence-corrected chi connectivity index (χ2v) is 7.59. The number of benzene rings is 1. The summed E-state index contributed by atoms with van der Waals surface area (Å²) in [7, 11) is 0. The molecule has 0 spiro atoms. The van der Waals surface area contributed by atoms with Gasteiger partial charge in [-0.25, -0.2) is 15.2 Å². The van der Waals surface area contributed by atoms with E-state index in [9.17, 15) is 14.0 Å². The van der Waals surface area contributed by atoms with E-state index in [0.717, 1.165) is 16.8 Å². The molecule has 1 saturated heterocycles. The monoisotopic (exact) mass is 462 g/mol. The van der Waals surface area contributed by atoms with Gasteiger partial charge in [-0.3, -0.25) is 25.0 Å². The maximum atomic E-state index is 14.6. The number of amidine groups is 1. The molecule has 1 fully saturated rings. The summed E-state index contributed by atoms with van der Waals surface area (Å²) in [5.41, 5.74) is 0.859. The van der Waals surface area contributed by atoms with Crippen LogP contribution >= 0.6 is 0 Å². The largest absolute Gasteiger partial charge is 0.357 e. The number of nitrogens with zero attached hydrogens (tertiary/aromatic N) is 5. The van der Waals surface area contributed by atoms with Crippen molar-refractivity contribution in [1.29, 1.82) is 5.41 Å². The second kappa shape index (κ2) is 9.63.